The molecule has 14 heteroatoms. The lowest BCUT2D eigenvalue weighted by atomic mass is 10.0. The molecule has 0 saturated carbocycles. The minimum Gasteiger partial charge on any atom is -0.461 e. The Labute approximate surface area is 278 Å². The van der Waals surface area contributed by atoms with Gasteiger partial charge in [-0.3, -0.25) is 33.7 Å². The van der Waals surface area contributed by atoms with E-state index in [2.05, 4.69) is 21.3 Å². The Morgan fingerprint density at radius 1 is 0.979 bits per heavy atom. The van der Waals surface area contributed by atoms with Gasteiger partial charge >= 0.3 is 12.0 Å². The monoisotopic (exact) mass is 662 g/mol. The molecule has 0 bridgehead atoms. The lowest BCUT2D eigenvalue weighted by Gasteiger charge is -2.21. The second-order valence-corrected chi connectivity index (χ2v) is 11.1. The quantitative estimate of drug-likeness (QED) is 0.101. The van der Waals surface area contributed by atoms with E-state index in [1.165, 1.54) is 11.8 Å². The molecule has 2 atom stereocenters. The van der Waals surface area contributed by atoms with E-state index >= 15 is 0 Å². The predicted molar refractivity (Wildman–Crippen MR) is 179 cm³/mol. The number of nitrogens with one attached hydrogen (secondary N) is 4. The predicted octanol–water partition coefficient (Wildman–Crippen LogP) is 2.99. The highest BCUT2D eigenvalue weighted by atomic mass is 16.5. The van der Waals surface area contributed by atoms with Crippen LogP contribution in [0, 0.1) is 11.8 Å². The number of imide groups is 1. The van der Waals surface area contributed by atoms with E-state index in [4.69, 9.17) is 10.5 Å². The van der Waals surface area contributed by atoms with Gasteiger partial charge in [0.25, 0.3) is 0 Å². The van der Waals surface area contributed by atoms with Crippen LogP contribution in [-0.4, -0.2) is 72.1 Å². The number of benzene rings is 1. The molecule has 1 aromatic carbocycles. The van der Waals surface area contributed by atoms with Crippen LogP contribution >= 0.6 is 0 Å². The summed E-state index contributed by atoms with van der Waals surface area (Å²) in [5.41, 5.74) is 6.03. The second-order valence-electron chi connectivity index (χ2n) is 11.1. The third-order valence-electron chi connectivity index (χ3n) is 6.67. The zero-order valence-corrected chi connectivity index (χ0v) is 28.9. The number of hydrogen-bond donors (Lipinski definition) is 5. The highest BCUT2D eigenvalue weighted by Gasteiger charge is 2.34. The number of unbranched alkanes of at least 4 members (excludes halogenated alkanes) is 2. The van der Waals surface area contributed by atoms with Crippen molar-refractivity contribution >= 4 is 47.2 Å². The molecule has 0 spiro atoms. The highest BCUT2D eigenvalue weighted by Crippen LogP contribution is 2.19. The molecule has 7 amide bonds. The van der Waals surface area contributed by atoms with E-state index in [0.717, 1.165) is 12.0 Å². The number of hydrogen-bond acceptors (Lipinski definition) is 8. The molecule has 14 nitrogen and oxygen atoms in total. The number of likely N-dealkylation sites (tertiary alicyclic amines) is 1. The largest absolute Gasteiger partial charge is 0.461 e. The summed E-state index contributed by atoms with van der Waals surface area (Å²) in [5.74, 6) is -2.28. The fourth-order valence-electron chi connectivity index (χ4n) is 4.20. The highest BCUT2D eigenvalue weighted by molar-refractivity contribution is 6.03. The lowest BCUT2D eigenvalue weighted by molar-refractivity contribution is -0.142. The van der Waals surface area contributed by atoms with Crippen molar-refractivity contribution in [1.29, 1.82) is 0 Å². The summed E-state index contributed by atoms with van der Waals surface area (Å²) in [6.07, 6.45) is 3.25. The van der Waals surface area contributed by atoms with Gasteiger partial charge in [0.05, 0.1) is 6.54 Å². The molecule has 264 valence electrons. The Morgan fingerprint density at radius 2 is 1.62 bits per heavy atom. The normalized spacial score (nSPS) is 14.1. The number of ether oxygens (including phenoxy) is 1. The number of nitrogens with two attached hydrogens (primary N) is 1. The van der Waals surface area contributed by atoms with Crippen molar-refractivity contribution in [1.82, 2.24) is 20.9 Å². The number of carbonyl (C=O) groups excluding carboxylic acids is 7. The minimum absolute atomic E-state index is 0.138. The summed E-state index contributed by atoms with van der Waals surface area (Å²) in [6.45, 7) is 13.5. The van der Waals surface area contributed by atoms with Crippen LogP contribution in [0.2, 0.25) is 0 Å². The first kappa shape index (κ1) is 42.5. The van der Waals surface area contributed by atoms with Gasteiger partial charge in [0.15, 0.2) is 0 Å². The van der Waals surface area contributed by atoms with Gasteiger partial charge in [-0.2, -0.15) is 0 Å². The van der Waals surface area contributed by atoms with Crippen LogP contribution in [-0.2, 0) is 40.1 Å². The standard InChI is InChI=1S/C27H38N4O7.C4H10N2O.C2H6/c1-17(2)25(30-22(33)8-6-5-7-13-31-24(35)14-18(3)27(31)37)26(36)28-15-23(34)29-21-11-9-20(10-12-21)16-38-19(4)32;1-2-3-6-4(5)7;1-2/h9-12,17-18,25H,5-8,13-16H2,1-4H3,(H,28,36)(H,29,34)(H,30,33);2-3H2,1H3,(H3,5,6,7);1-2H3. The van der Waals surface area contributed by atoms with Gasteiger partial charge in [-0.15, -0.1) is 0 Å². The summed E-state index contributed by atoms with van der Waals surface area (Å²) in [7, 11) is 0. The Bertz CT molecular complexity index is 1170. The maximum Gasteiger partial charge on any atom is 0.312 e. The van der Waals surface area contributed by atoms with E-state index in [-0.39, 0.29) is 61.5 Å². The van der Waals surface area contributed by atoms with E-state index in [0.29, 0.717) is 38.0 Å². The van der Waals surface area contributed by atoms with Crippen molar-refractivity contribution in [2.45, 2.75) is 99.6 Å². The van der Waals surface area contributed by atoms with Crippen molar-refractivity contribution in [2.24, 2.45) is 17.6 Å². The molecule has 1 aliphatic rings. The summed E-state index contributed by atoms with van der Waals surface area (Å²) in [4.78, 5) is 83.1. The van der Waals surface area contributed by atoms with Crippen molar-refractivity contribution in [3.63, 3.8) is 0 Å². The minimum atomic E-state index is -0.794. The molecule has 0 aliphatic carbocycles. The van der Waals surface area contributed by atoms with Gasteiger partial charge in [-0.05, 0) is 42.9 Å². The zero-order chi connectivity index (χ0) is 35.9. The van der Waals surface area contributed by atoms with Gasteiger partial charge < -0.3 is 31.7 Å². The van der Waals surface area contributed by atoms with E-state index < -0.39 is 23.9 Å². The summed E-state index contributed by atoms with van der Waals surface area (Å²) < 4.78 is 4.92. The van der Waals surface area contributed by atoms with Crippen molar-refractivity contribution in [3.05, 3.63) is 29.8 Å². The van der Waals surface area contributed by atoms with Crippen LogP contribution in [0.25, 0.3) is 0 Å². The van der Waals surface area contributed by atoms with E-state index in [1.54, 1.807) is 45.0 Å². The number of esters is 1. The first-order valence-corrected chi connectivity index (χ1v) is 16.2. The molecule has 1 aliphatic heterocycles. The first-order chi connectivity index (χ1) is 22.2. The fourth-order valence-corrected chi connectivity index (χ4v) is 4.20. The summed E-state index contributed by atoms with van der Waals surface area (Å²) >= 11 is 0. The Balaban J connectivity index is 0.00000207. The number of carbonyl (C=O) groups is 7. The van der Waals surface area contributed by atoms with Crippen LogP contribution < -0.4 is 27.0 Å². The molecule has 1 aromatic rings. The molecule has 0 radical (unpaired) electrons. The number of urea groups is 1. The van der Waals surface area contributed by atoms with E-state index in [1.807, 2.05) is 20.8 Å². The Hall–Kier alpha value is -4.49. The number of rotatable bonds is 16. The van der Waals surface area contributed by atoms with Crippen LogP contribution in [0.15, 0.2) is 24.3 Å². The number of anilines is 1. The van der Waals surface area contributed by atoms with Crippen molar-refractivity contribution in [3.8, 4) is 0 Å². The van der Waals surface area contributed by atoms with Gasteiger partial charge in [-0.25, -0.2) is 4.79 Å². The number of nitrogens with zero attached hydrogens (tertiary/aromatic N) is 1. The maximum atomic E-state index is 12.6. The topological polar surface area (TPSA) is 206 Å². The number of primary amides is 1. The molecular weight excluding hydrogens is 608 g/mol. The fraction of sp³-hybridized carbons (Fsp3) is 0.606. The molecular formula is C33H54N6O8. The summed E-state index contributed by atoms with van der Waals surface area (Å²) in [6, 6.07) is 5.52. The lowest BCUT2D eigenvalue weighted by Crippen LogP contribution is -2.51. The molecule has 2 rings (SSSR count). The molecule has 2 unspecified atom stereocenters. The van der Waals surface area contributed by atoms with Gasteiger partial charge in [-0.1, -0.05) is 60.1 Å². The molecule has 47 heavy (non-hydrogen) atoms. The first-order valence-electron chi connectivity index (χ1n) is 16.2. The molecule has 1 heterocycles. The van der Waals surface area contributed by atoms with Gasteiger partial charge in [0.1, 0.15) is 12.6 Å². The molecule has 1 saturated heterocycles. The second kappa shape index (κ2) is 23.8. The molecule has 6 N–H and O–H groups in total. The van der Waals surface area contributed by atoms with E-state index in [9.17, 15) is 33.6 Å². The maximum absolute atomic E-state index is 12.6. The molecule has 0 aromatic heterocycles. The Kier molecular flexibility index (Phi) is 21.5. The third kappa shape index (κ3) is 18.3. The Morgan fingerprint density at radius 3 is 2.11 bits per heavy atom. The SMILES string of the molecule is CC.CC(=O)OCc1ccc(NC(=O)CNC(=O)C(NC(=O)CCCCCN2C(=O)CC(C)C2=O)C(C)C)cc1.CCCNC(N)=O. The van der Waals surface area contributed by atoms with Crippen molar-refractivity contribution < 1.29 is 38.3 Å². The molecule has 1 fully saturated rings. The average Bonchev–Trinajstić information content (AvgIpc) is 3.27. The van der Waals surface area contributed by atoms with Crippen LogP contribution in [0.5, 0.6) is 0 Å². The van der Waals surface area contributed by atoms with Gasteiger partial charge in [0.2, 0.25) is 29.5 Å². The zero-order valence-electron chi connectivity index (χ0n) is 28.9. The summed E-state index contributed by atoms with van der Waals surface area (Å²) in [5, 5.41) is 10.4. The third-order valence-corrected chi connectivity index (χ3v) is 6.67. The number of amides is 7. The van der Waals surface area contributed by atoms with Crippen LogP contribution in [0.4, 0.5) is 10.5 Å². The van der Waals surface area contributed by atoms with Gasteiger partial charge in [0, 0.05) is 44.5 Å². The average molecular weight is 663 g/mol. The van der Waals surface area contributed by atoms with Crippen molar-refractivity contribution in [2.75, 3.05) is 25.0 Å². The smallest absolute Gasteiger partial charge is 0.312 e. The van der Waals surface area contributed by atoms with Crippen LogP contribution in [0.3, 0.4) is 0 Å². The van der Waals surface area contributed by atoms with Crippen LogP contribution in [0.1, 0.15) is 92.6 Å².